The Kier molecular flexibility index (Phi) is 6.26. The topological polar surface area (TPSA) is 103 Å². The number of amides is 1. The van der Waals surface area contributed by atoms with E-state index < -0.39 is 22.9 Å². The standard InChI is InChI=1S/C18H18N2O6/c1-3-19(14-7-5-4-6-8-14)18(22)13(2)25-17(21)12-10-15-9-11-16(26-15)20(23)24/h4-13H,3H2,1-2H3/b12-10+/t13-/m0/s1. The predicted molar refractivity (Wildman–Crippen MR) is 94.4 cm³/mol. The molecule has 0 bridgehead atoms. The fourth-order valence-electron chi connectivity index (χ4n) is 2.24. The van der Waals surface area contributed by atoms with Gasteiger partial charge in [0, 0.05) is 18.3 Å². The van der Waals surface area contributed by atoms with Gasteiger partial charge in [0.15, 0.2) is 6.10 Å². The molecule has 1 amide bonds. The Bertz CT molecular complexity index is 812. The number of carbonyl (C=O) groups is 2. The third-order valence-electron chi connectivity index (χ3n) is 3.47. The minimum absolute atomic E-state index is 0.132. The first-order chi connectivity index (χ1) is 12.4. The molecule has 1 heterocycles. The number of hydrogen-bond donors (Lipinski definition) is 0. The van der Waals surface area contributed by atoms with E-state index in [1.165, 1.54) is 30.0 Å². The highest BCUT2D eigenvalue weighted by molar-refractivity contribution is 5.98. The van der Waals surface area contributed by atoms with Crippen LogP contribution in [-0.4, -0.2) is 29.4 Å². The number of esters is 1. The van der Waals surface area contributed by atoms with Gasteiger partial charge < -0.3 is 14.1 Å². The third kappa shape index (κ3) is 4.79. The van der Waals surface area contributed by atoms with Gasteiger partial charge in [-0.3, -0.25) is 14.9 Å². The van der Waals surface area contributed by atoms with Crippen molar-refractivity contribution in [3.63, 3.8) is 0 Å². The summed E-state index contributed by atoms with van der Waals surface area (Å²) in [5, 5.41) is 10.5. The highest BCUT2D eigenvalue weighted by Gasteiger charge is 2.23. The second kappa shape index (κ2) is 8.61. The first kappa shape index (κ1) is 18.9. The van der Waals surface area contributed by atoms with E-state index in [1.807, 2.05) is 25.1 Å². The lowest BCUT2D eigenvalue weighted by Gasteiger charge is -2.24. The van der Waals surface area contributed by atoms with Crippen molar-refractivity contribution in [2.24, 2.45) is 0 Å². The first-order valence-electron chi connectivity index (χ1n) is 7.91. The van der Waals surface area contributed by atoms with Crippen LogP contribution in [0.25, 0.3) is 6.08 Å². The van der Waals surface area contributed by atoms with Crippen molar-refractivity contribution in [3.05, 3.63) is 64.4 Å². The summed E-state index contributed by atoms with van der Waals surface area (Å²) in [6, 6.07) is 11.6. The second-order valence-electron chi connectivity index (χ2n) is 5.26. The quantitative estimate of drug-likeness (QED) is 0.326. The molecule has 0 aliphatic carbocycles. The maximum absolute atomic E-state index is 12.5. The maximum Gasteiger partial charge on any atom is 0.433 e. The van der Waals surface area contributed by atoms with Crippen LogP contribution in [0.15, 0.2) is 53.0 Å². The van der Waals surface area contributed by atoms with Crippen molar-refractivity contribution in [1.82, 2.24) is 0 Å². The van der Waals surface area contributed by atoms with E-state index in [2.05, 4.69) is 0 Å². The smallest absolute Gasteiger partial charge is 0.433 e. The maximum atomic E-state index is 12.5. The summed E-state index contributed by atoms with van der Waals surface area (Å²) in [6.45, 7) is 3.73. The zero-order valence-electron chi connectivity index (χ0n) is 14.3. The number of carbonyl (C=O) groups excluding carboxylic acids is 2. The molecule has 0 saturated carbocycles. The van der Waals surface area contributed by atoms with E-state index in [0.29, 0.717) is 12.2 Å². The van der Waals surface area contributed by atoms with E-state index in [9.17, 15) is 19.7 Å². The van der Waals surface area contributed by atoms with E-state index >= 15 is 0 Å². The van der Waals surface area contributed by atoms with Crippen LogP contribution >= 0.6 is 0 Å². The fourth-order valence-corrected chi connectivity index (χ4v) is 2.24. The molecule has 1 aromatic carbocycles. The Morgan fingerprint density at radius 2 is 1.96 bits per heavy atom. The molecular weight excluding hydrogens is 340 g/mol. The molecule has 1 atom stereocenters. The molecule has 2 aromatic rings. The second-order valence-corrected chi connectivity index (χ2v) is 5.26. The van der Waals surface area contributed by atoms with Crippen LogP contribution in [0.3, 0.4) is 0 Å². The van der Waals surface area contributed by atoms with E-state index in [0.717, 1.165) is 6.08 Å². The van der Waals surface area contributed by atoms with Gasteiger partial charge in [0.2, 0.25) is 0 Å². The summed E-state index contributed by atoms with van der Waals surface area (Å²) in [7, 11) is 0. The number of furan rings is 1. The third-order valence-corrected chi connectivity index (χ3v) is 3.47. The Morgan fingerprint density at radius 1 is 1.27 bits per heavy atom. The average Bonchev–Trinajstić information content (AvgIpc) is 3.11. The molecule has 8 heteroatoms. The molecular formula is C18H18N2O6. The predicted octanol–water partition coefficient (Wildman–Crippen LogP) is 3.19. The van der Waals surface area contributed by atoms with Crippen molar-refractivity contribution in [1.29, 1.82) is 0 Å². The number of hydrogen-bond acceptors (Lipinski definition) is 6. The zero-order valence-corrected chi connectivity index (χ0v) is 14.3. The van der Waals surface area contributed by atoms with Gasteiger partial charge in [-0.25, -0.2) is 4.79 Å². The summed E-state index contributed by atoms with van der Waals surface area (Å²) >= 11 is 0. The highest BCUT2D eigenvalue weighted by atomic mass is 16.6. The van der Waals surface area contributed by atoms with Crippen molar-refractivity contribution < 1.29 is 23.7 Å². The van der Waals surface area contributed by atoms with Crippen LogP contribution in [-0.2, 0) is 14.3 Å². The normalized spacial score (nSPS) is 11.9. The van der Waals surface area contributed by atoms with Gasteiger partial charge >= 0.3 is 11.9 Å². The van der Waals surface area contributed by atoms with Crippen LogP contribution < -0.4 is 4.90 Å². The molecule has 0 N–H and O–H groups in total. The van der Waals surface area contributed by atoms with E-state index in [-0.39, 0.29) is 11.7 Å². The number of likely N-dealkylation sites (N-methyl/N-ethyl adjacent to an activating group) is 1. The molecule has 0 fully saturated rings. The number of rotatable bonds is 7. The minimum atomic E-state index is -0.988. The van der Waals surface area contributed by atoms with Gasteiger partial charge in [0.05, 0.1) is 6.07 Å². The molecule has 0 radical (unpaired) electrons. The average molecular weight is 358 g/mol. The summed E-state index contributed by atoms with van der Waals surface area (Å²) in [5.74, 6) is -1.40. The van der Waals surface area contributed by atoms with Crippen LogP contribution in [0.5, 0.6) is 0 Å². The molecule has 0 saturated heterocycles. The van der Waals surface area contributed by atoms with E-state index in [1.54, 1.807) is 12.1 Å². The van der Waals surface area contributed by atoms with Crippen LogP contribution in [0.1, 0.15) is 19.6 Å². The number of anilines is 1. The van der Waals surface area contributed by atoms with Crippen molar-refractivity contribution in [3.8, 4) is 0 Å². The summed E-state index contributed by atoms with van der Waals surface area (Å²) in [6.07, 6.45) is 1.30. The van der Waals surface area contributed by atoms with Gasteiger partial charge in [-0.05, 0) is 38.1 Å². The fraction of sp³-hybridized carbons (Fsp3) is 0.222. The highest BCUT2D eigenvalue weighted by Crippen LogP contribution is 2.17. The lowest BCUT2D eigenvalue weighted by molar-refractivity contribution is -0.402. The van der Waals surface area contributed by atoms with Gasteiger partial charge in [-0.15, -0.1) is 0 Å². The van der Waals surface area contributed by atoms with Crippen LogP contribution in [0.2, 0.25) is 0 Å². The summed E-state index contributed by atoms with van der Waals surface area (Å²) < 4.78 is 9.99. The monoisotopic (exact) mass is 358 g/mol. The largest absolute Gasteiger partial charge is 0.449 e. The van der Waals surface area contributed by atoms with Gasteiger partial charge in [-0.2, -0.15) is 0 Å². The lowest BCUT2D eigenvalue weighted by atomic mass is 10.2. The zero-order chi connectivity index (χ0) is 19.1. The molecule has 0 aliphatic rings. The number of benzene rings is 1. The molecule has 0 spiro atoms. The lowest BCUT2D eigenvalue weighted by Crippen LogP contribution is -2.39. The Morgan fingerprint density at radius 3 is 2.54 bits per heavy atom. The SMILES string of the molecule is CCN(C(=O)[C@H](C)OC(=O)/C=C/c1ccc([N+](=O)[O-])o1)c1ccccc1. The molecule has 136 valence electrons. The molecule has 0 unspecified atom stereocenters. The van der Waals surface area contributed by atoms with Crippen molar-refractivity contribution in [2.75, 3.05) is 11.4 Å². The van der Waals surface area contributed by atoms with Crippen molar-refractivity contribution in [2.45, 2.75) is 20.0 Å². The number of nitro groups is 1. The number of nitrogens with zero attached hydrogens (tertiary/aromatic N) is 2. The Hall–Kier alpha value is -3.42. The van der Waals surface area contributed by atoms with Gasteiger partial charge in [-0.1, -0.05) is 18.2 Å². The summed E-state index contributed by atoms with van der Waals surface area (Å²) in [4.78, 5) is 35.7. The molecule has 1 aromatic heterocycles. The minimum Gasteiger partial charge on any atom is -0.449 e. The molecule has 26 heavy (non-hydrogen) atoms. The number of ether oxygens (including phenoxy) is 1. The van der Waals surface area contributed by atoms with Gasteiger partial charge in [0.1, 0.15) is 10.7 Å². The van der Waals surface area contributed by atoms with Crippen LogP contribution in [0, 0.1) is 10.1 Å². The van der Waals surface area contributed by atoms with Crippen LogP contribution in [0.4, 0.5) is 11.6 Å². The molecule has 2 rings (SSSR count). The Labute approximate surface area is 149 Å². The first-order valence-corrected chi connectivity index (χ1v) is 7.91. The summed E-state index contributed by atoms with van der Waals surface area (Å²) in [5.41, 5.74) is 0.710. The Balaban J connectivity index is 1.97. The van der Waals surface area contributed by atoms with Crippen molar-refractivity contribution >= 4 is 29.5 Å². The van der Waals surface area contributed by atoms with E-state index in [4.69, 9.17) is 9.15 Å². The molecule has 0 aliphatic heterocycles. The molecule has 8 nitrogen and oxygen atoms in total. The number of para-hydroxylation sites is 1. The van der Waals surface area contributed by atoms with Gasteiger partial charge in [0.25, 0.3) is 5.91 Å².